The number of carbonyl (C=O) groups excluding carboxylic acids is 1. The summed E-state index contributed by atoms with van der Waals surface area (Å²) in [4.78, 5) is 32.4. The van der Waals surface area contributed by atoms with E-state index in [4.69, 9.17) is 10.9 Å². The molecule has 0 bridgehead atoms. The summed E-state index contributed by atoms with van der Waals surface area (Å²) >= 11 is 0. The third-order valence-corrected chi connectivity index (χ3v) is 1.67. The van der Waals surface area contributed by atoms with Gasteiger partial charge >= 0.3 is 5.69 Å². The van der Waals surface area contributed by atoms with E-state index in [0.717, 1.165) is 7.05 Å². The lowest BCUT2D eigenvalue weighted by atomic mass is 10.4. The molecular formula is C6H8N4O4. The zero-order valence-corrected chi connectivity index (χ0v) is 7.22. The van der Waals surface area contributed by atoms with Crippen molar-refractivity contribution in [3.63, 3.8) is 0 Å². The average Bonchev–Trinajstić information content (AvgIpc) is 2.19. The number of rotatable bonds is 2. The summed E-state index contributed by atoms with van der Waals surface area (Å²) in [5, 5.41) is 11.1. The molecule has 0 unspecified atom stereocenters. The van der Waals surface area contributed by atoms with Gasteiger partial charge in [-0.3, -0.25) is 14.2 Å². The molecule has 1 aromatic rings. The van der Waals surface area contributed by atoms with Crippen molar-refractivity contribution >= 4 is 17.9 Å². The lowest BCUT2D eigenvalue weighted by Crippen LogP contribution is -2.39. The van der Waals surface area contributed by atoms with E-state index in [-0.39, 0.29) is 16.8 Å². The van der Waals surface area contributed by atoms with Crippen LogP contribution in [0.2, 0.25) is 0 Å². The van der Waals surface area contributed by atoms with E-state index in [0.29, 0.717) is 4.57 Å². The largest absolute Gasteiger partial charge is 0.422 e. The third-order valence-electron chi connectivity index (χ3n) is 1.67. The van der Waals surface area contributed by atoms with Crippen LogP contribution in [0.1, 0.15) is 0 Å². The first-order valence-corrected chi connectivity index (χ1v) is 3.51. The van der Waals surface area contributed by atoms with Crippen molar-refractivity contribution in [3.8, 4) is 0 Å². The van der Waals surface area contributed by atoms with E-state index in [2.05, 4.69) is 0 Å². The molecule has 8 heteroatoms. The summed E-state index contributed by atoms with van der Waals surface area (Å²) in [6.45, 7) is 0. The van der Waals surface area contributed by atoms with Gasteiger partial charge in [-0.05, 0) is 0 Å². The molecule has 0 aliphatic rings. The molecule has 76 valence electrons. The van der Waals surface area contributed by atoms with Crippen molar-refractivity contribution in [1.29, 1.82) is 0 Å². The highest BCUT2D eigenvalue weighted by Gasteiger charge is 2.13. The van der Waals surface area contributed by atoms with Gasteiger partial charge in [0.15, 0.2) is 11.5 Å². The van der Waals surface area contributed by atoms with E-state index in [1.54, 1.807) is 0 Å². The molecule has 0 saturated carbocycles. The number of carbonyl (C=O) groups is 1. The van der Waals surface area contributed by atoms with Crippen LogP contribution in [0.4, 0.5) is 11.5 Å². The quantitative estimate of drug-likeness (QED) is 0.374. The Hall–Kier alpha value is -2.25. The minimum atomic E-state index is -0.982. The Balaban J connectivity index is 3.68. The Labute approximate surface area is 77.1 Å². The number of amides is 1. The van der Waals surface area contributed by atoms with Crippen molar-refractivity contribution < 1.29 is 10.0 Å². The standard InChI is InChI=1S/C6H8N4O4/c1-9-5(12)3(8-2-11)4(7)10(14)6(9)13/h2,14H,7H2,1H3,(H,8,11). The van der Waals surface area contributed by atoms with Gasteiger partial charge in [0.2, 0.25) is 6.41 Å². The fourth-order valence-electron chi connectivity index (χ4n) is 0.910. The average molecular weight is 200 g/mol. The molecule has 8 nitrogen and oxygen atoms in total. The molecular weight excluding hydrogens is 192 g/mol. The number of hydrogen-bond donors (Lipinski definition) is 3. The molecule has 1 heterocycles. The highest BCUT2D eigenvalue weighted by Crippen LogP contribution is 2.06. The number of aromatic nitrogens is 2. The van der Waals surface area contributed by atoms with Crippen molar-refractivity contribution in [2.45, 2.75) is 0 Å². The van der Waals surface area contributed by atoms with Crippen molar-refractivity contribution in [2.75, 3.05) is 11.1 Å². The molecule has 14 heavy (non-hydrogen) atoms. The first-order valence-electron chi connectivity index (χ1n) is 3.51. The second-order valence-corrected chi connectivity index (χ2v) is 2.48. The number of nitrogens with one attached hydrogen (secondary N) is 1. The van der Waals surface area contributed by atoms with Gasteiger partial charge in [-0.15, -0.1) is 4.73 Å². The first kappa shape index (κ1) is 9.84. The van der Waals surface area contributed by atoms with Gasteiger partial charge in [-0.25, -0.2) is 4.79 Å². The van der Waals surface area contributed by atoms with Crippen LogP contribution in [0.5, 0.6) is 0 Å². The van der Waals surface area contributed by atoms with E-state index < -0.39 is 17.1 Å². The zero-order valence-electron chi connectivity index (χ0n) is 7.22. The maximum Gasteiger partial charge on any atom is 0.365 e. The van der Waals surface area contributed by atoms with Crippen LogP contribution in [-0.2, 0) is 11.8 Å². The maximum absolute atomic E-state index is 11.3. The van der Waals surface area contributed by atoms with Crippen molar-refractivity contribution in [3.05, 3.63) is 20.8 Å². The smallest absolute Gasteiger partial charge is 0.365 e. The molecule has 0 atom stereocenters. The van der Waals surface area contributed by atoms with Gasteiger partial charge in [0.1, 0.15) is 0 Å². The van der Waals surface area contributed by atoms with Gasteiger partial charge in [0, 0.05) is 7.05 Å². The topological polar surface area (TPSA) is 119 Å². The van der Waals surface area contributed by atoms with Crippen LogP contribution < -0.4 is 22.3 Å². The Bertz CT molecular complexity index is 486. The second kappa shape index (κ2) is 3.24. The Morgan fingerprint density at radius 3 is 2.57 bits per heavy atom. The highest BCUT2D eigenvalue weighted by molar-refractivity contribution is 5.76. The van der Waals surface area contributed by atoms with E-state index in [9.17, 15) is 14.4 Å². The van der Waals surface area contributed by atoms with Crippen molar-refractivity contribution in [2.24, 2.45) is 7.05 Å². The minimum Gasteiger partial charge on any atom is -0.422 e. The van der Waals surface area contributed by atoms with Crippen LogP contribution in [0.25, 0.3) is 0 Å². The predicted molar refractivity (Wildman–Crippen MR) is 47.2 cm³/mol. The predicted octanol–water partition coefficient (Wildman–Crippen LogP) is -2.07. The summed E-state index contributed by atoms with van der Waals surface area (Å²) in [6, 6.07) is 0. The summed E-state index contributed by atoms with van der Waals surface area (Å²) in [6.07, 6.45) is 0.220. The van der Waals surface area contributed by atoms with E-state index in [1.165, 1.54) is 0 Å². The number of nitrogen functional groups attached to an aromatic ring is 1. The SMILES string of the molecule is Cn1c(=O)c(NC=O)c(N)n(O)c1=O. The van der Waals surface area contributed by atoms with Crippen LogP contribution in [0.3, 0.4) is 0 Å². The van der Waals surface area contributed by atoms with Crippen molar-refractivity contribution in [1.82, 2.24) is 9.30 Å². The molecule has 0 saturated heterocycles. The summed E-state index contributed by atoms with van der Waals surface area (Å²) in [5.41, 5.74) is 3.10. The van der Waals surface area contributed by atoms with E-state index in [1.807, 2.05) is 5.32 Å². The summed E-state index contributed by atoms with van der Waals surface area (Å²) in [7, 11) is 1.15. The molecule has 0 radical (unpaired) electrons. The van der Waals surface area contributed by atoms with Gasteiger partial charge < -0.3 is 16.3 Å². The summed E-state index contributed by atoms with van der Waals surface area (Å²) < 4.78 is 0.690. The summed E-state index contributed by atoms with van der Waals surface area (Å²) in [5.74, 6) is -0.509. The first-order chi connectivity index (χ1) is 6.50. The minimum absolute atomic E-state index is 0.0766. The number of nitrogens with two attached hydrogens (primary N) is 1. The molecule has 0 fully saturated rings. The monoisotopic (exact) mass is 200 g/mol. The Morgan fingerprint density at radius 1 is 1.50 bits per heavy atom. The maximum atomic E-state index is 11.3. The number of nitrogens with zero attached hydrogens (tertiary/aromatic N) is 2. The third kappa shape index (κ3) is 1.22. The second-order valence-electron chi connectivity index (χ2n) is 2.48. The number of hydrogen-bond acceptors (Lipinski definition) is 5. The molecule has 0 spiro atoms. The van der Waals surface area contributed by atoms with Crippen LogP contribution in [-0.4, -0.2) is 20.9 Å². The molecule has 0 aromatic carbocycles. The fraction of sp³-hybridized carbons (Fsp3) is 0.167. The fourth-order valence-corrected chi connectivity index (χ4v) is 0.910. The molecule has 0 aliphatic carbocycles. The van der Waals surface area contributed by atoms with Gasteiger partial charge in [0.25, 0.3) is 5.56 Å². The Kier molecular flexibility index (Phi) is 2.28. The van der Waals surface area contributed by atoms with Gasteiger partial charge in [-0.1, -0.05) is 0 Å². The number of anilines is 2. The molecule has 1 amide bonds. The van der Waals surface area contributed by atoms with Crippen LogP contribution in [0, 0.1) is 0 Å². The Morgan fingerprint density at radius 2 is 2.07 bits per heavy atom. The molecule has 4 N–H and O–H groups in total. The van der Waals surface area contributed by atoms with Crippen LogP contribution in [0.15, 0.2) is 9.59 Å². The lowest BCUT2D eigenvalue weighted by molar-refractivity contribution is -0.105. The van der Waals surface area contributed by atoms with Crippen LogP contribution >= 0.6 is 0 Å². The normalized spacial score (nSPS) is 9.79. The van der Waals surface area contributed by atoms with Gasteiger partial charge in [0.05, 0.1) is 0 Å². The molecule has 0 aliphatic heterocycles. The lowest BCUT2D eigenvalue weighted by Gasteiger charge is -2.07. The van der Waals surface area contributed by atoms with Gasteiger partial charge in [-0.2, -0.15) is 0 Å². The molecule has 1 rings (SSSR count). The van der Waals surface area contributed by atoms with E-state index >= 15 is 0 Å². The zero-order chi connectivity index (χ0) is 10.9. The molecule has 1 aromatic heterocycles. The highest BCUT2D eigenvalue weighted by atomic mass is 16.5.